The van der Waals surface area contributed by atoms with E-state index in [1.807, 2.05) is 0 Å². The van der Waals surface area contributed by atoms with E-state index in [4.69, 9.17) is 11.6 Å². The zero-order chi connectivity index (χ0) is 11.6. The van der Waals surface area contributed by atoms with Gasteiger partial charge in [-0.2, -0.15) is 0 Å². The van der Waals surface area contributed by atoms with Crippen LogP contribution < -0.4 is 0 Å². The lowest BCUT2D eigenvalue weighted by Crippen LogP contribution is -2.26. The molecular formula is C11H18ClN3S. The number of halogens is 1. The first-order chi connectivity index (χ1) is 7.67. The van der Waals surface area contributed by atoms with Gasteiger partial charge in [0.05, 0.1) is 6.54 Å². The molecule has 0 aromatic carbocycles. The third-order valence-electron chi connectivity index (χ3n) is 3.82. The third-order valence-corrected chi connectivity index (χ3v) is 4.82. The highest BCUT2D eigenvalue weighted by atomic mass is 35.5. The zero-order valence-electron chi connectivity index (χ0n) is 9.87. The Morgan fingerprint density at radius 1 is 1.38 bits per heavy atom. The molecule has 0 amide bonds. The van der Waals surface area contributed by atoms with E-state index in [9.17, 15) is 0 Å². The van der Waals surface area contributed by atoms with Crippen molar-refractivity contribution in [1.29, 1.82) is 0 Å². The van der Waals surface area contributed by atoms with Gasteiger partial charge in [0.1, 0.15) is 5.01 Å². The summed E-state index contributed by atoms with van der Waals surface area (Å²) in [5.41, 5.74) is 0.536. The van der Waals surface area contributed by atoms with Crippen LogP contribution in [0, 0.1) is 5.41 Å². The molecule has 1 aromatic rings. The second kappa shape index (κ2) is 4.98. The first-order valence-corrected chi connectivity index (χ1v) is 7.07. The van der Waals surface area contributed by atoms with Gasteiger partial charge < -0.3 is 0 Å². The van der Waals surface area contributed by atoms with Gasteiger partial charge in [-0.15, -0.1) is 10.2 Å². The fourth-order valence-electron chi connectivity index (χ4n) is 2.48. The van der Waals surface area contributed by atoms with E-state index in [1.165, 1.54) is 43.7 Å². The van der Waals surface area contributed by atoms with E-state index < -0.39 is 0 Å². The number of nitrogens with zero attached hydrogens (tertiary/aromatic N) is 3. The minimum atomic E-state index is 0.536. The molecule has 2 heterocycles. The van der Waals surface area contributed by atoms with Crippen molar-refractivity contribution in [2.75, 3.05) is 13.1 Å². The Labute approximate surface area is 106 Å². The van der Waals surface area contributed by atoms with E-state index >= 15 is 0 Å². The Bertz CT molecular complexity index is 349. The number of likely N-dealkylation sites (tertiary alicyclic amines) is 1. The van der Waals surface area contributed by atoms with Crippen molar-refractivity contribution >= 4 is 22.9 Å². The molecule has 3 nitrogen and oxygen atoms in total. The van der Waals surface area contributed by atoms with Crippen LogP contribution in [0.3, 0.4) is 0 Å². The fourth-order valence-corrected chi connectivity index (χ4v) is 3.39. The van der Waals surface area contributed by atoms with Gasteiger partial charge in [0, 0.05) is 6.54 Å². The summed E-state index contributed by atoms with van der Waals surface area (Å²) >= 11 is 7.27. The quantitative estimate of drug-likeness (QED) is 0.832. The van der Waals surface area contributed by atoms with Crippen LogP contribution in [0.5, 0.6) is 0 Å². The zero-order valence-corrected chi connectivity index (χ0v) is 11.4. The van der Waals surface area contributed by atoms with Gasteiger partial charge >= 0.3 is 0 Å². The molecule has 1 aliphatic heterocycles. The molecule has 0 aliphatic carbocycles. The predicted octanol–water partition coefficient (Wildman–Crippen LogP) is 3.20. The number of rotatable bonds is 4. The molecule has 1 fully saturated rings. The maximum absolute atomic E-state index is 5.78. The molecule has 1 saturated heterocycles. The van der Waals surface area contributed by atoms with E-state index in [-0.39, 0.29) is 0 Å². The number of hydrogen-bond donors (Lipinski definition) is 0. The molecule has 2 rings (SSSR count). The van der Waals surface area contributed by atoms with Crippen LogP contribution in [0.1, 0.15) is 38.1 Å². The molecule has 0 radical (unpaired) electrons. The minimum absolute atomic E-state index is 0.536. The summed E-state index contributed by atoms with van der Waals surface area (Å²) in [5.74, 6) is 0. The molecule has 0 bridgehead atoms. The molecule has 0 atom stereocenters. The van der Waals surface area contributed by atoms with E-state index in [0.29, 0.717) is 9.88 Å². The Hall–Kier alpha value is -0.190. The van der Waals surface area contributed by atoms with Crippen LogP contribution in [-0.2, 0) is 6.54 Å². The van der Waals surface area contributed by atoms with E-state index in [2.05, 4.69) is 28.9 Å². The summed E-state index contributed by atoms with van der Waals surface area (Å²) in [7, 11) is 0. The SMILES string of the molecule is CCC1(CC)CCN(Cc2nnc(Cl)s2)C1. The summed E-state index contributed by atoms with van der Waals surface area (Å²) < 4.78 is 0.548. The van der Waals surface area contributed by atoms with Crippen molar-refractivity contribution in [1.82, 2.24) is 15.1 Å². The lowest BCUT2D eigenvalue weighted by atomic mass is 9.82. The topological polar surface area (TPSA) is 29.0 Å². The van der Waals surface area contributed by atoms with Crippen LogP contribution in [0.2, 0.25) is 4.47 Å². The molecule has 1 aromatic heterocycles. The Morgan fingerprint density at radius 3 is 2.62 bits per heavy atom. The Kier molecular flexibility index (Phi) is 3.82. The van der Waals surface area contributed by atoms with Gasteiger partial charge in [-0.3, -0.25) is 4.90 Å². The molecule has 0 saturated carbocycles. The van der Waals surface area contributed by atoms with Crippen molar-refractivity contribution < 1.29 is 0 Å². The second-order valence-corrected chi connectivity index (χ2v) is 6.26. The van der Waals surface area contributed by atoms with Crippen LogP contribution in [-0.4, -0.2) is 28.2 Å². The van der Waals surface area contributed by atoms with Gasteiger partial charge in [0.15, 0.2) is 0 Å². The molecule has 90 valence electrons. The number of hydrogen-bond acceptors (Lipinski definition) is 4. The summed E-state index contributed by atoms with van der Waals surface area (Å²) in [6, 6.07) is 0. The van der Waals surface area contributed by atoms with Gasteiger partial charge in [-0.1, -0.05) is 25.2 Å². The van der Waals surface area contributed by atoms with Gasteiger partial charge in [0.2, 0.25) is 4.47 Å². The molecule has 0 unspecified atom stereocenters. The normalized spacial score (nSPS) is 20.4. The highest BCUT2D eigenvalue weighted by Crippen LogP contribution is 2.37. The molecule has 1 aliphatic rings. The van der Waals surface area contributed by atoms with E-state index in [0.717, 1.165) is 11.6 Å². The molecular weight excluding hydrogens is 242 g/mol. The van der Waals surface area contributed by atoms with Crippen LogP contribution in [0.4, 0.5) is 0 Å². The highest BCUT2D eigenvalue weighted by Gasteiger charge is 2.34. The van der Waals surface area contributed by atoms with Gasteiger partial charge in [-0.05, 0) is 42.8 Å². The summed E-state index contributed by atoms with van der Waals surface area (Å²) in [6.45, 7) is 7.88. The van der Waals surface area contributed by atoms with Crippen molar-refractivity contribution in [3.05, 3.63) is 9.47 Å². The third kappa shape index (κ3) is 2.55. The highest BCUT2D eigenvalue weighted by molar-refractivity contribution is 7.15. The fraction of sp³-hybridized carbons (Fsp3) is 0.818. The Balaban J connectivity index is 1.94. The smallest absolute Gasteiger partial charge is 0.207 e. The van der Waals surface area contributed by atoms with Gasteiger partial charge in [0.25, 0.3) is 0 Å². The van der Waals surface area contributed by atoms with Crippen LogP contribution in [0.15, 0.2) is 0 Å². The lowest BCUT2D eigenvalue weighted by Gasteiger charge is -2.26. The van der Waals surface area contributed by atoms with Crippen molar-refractivity contribution in [2.45, 2.75) is 39.7 Å². The predicted molar refractivity (Wildman–Crippen MR) is 67.8 cm³/mol. The van der Waals surface area contributed by atoms with Crippen LogP contribution >= 0.6 is 22.9 Å². The Morgan fingerprint density at radius 2 is 2.12 bits per heavy atom. The van der Waals surface area contributed by atoms with Crippen molar-refractivity contribution in [3.63, 3.8) is 0 Å². The second-order valence-electron chi connectivity index (χ2n) is 4.62. The number of aromatic nitrogens is 2. The maximum Gasteiger partial charge on any atom is 0.207 e. The maximum atomic E-state index is 5.78. The summed E-state index contributed by atoms with van der Waals surface area (Å²) in [4.78, 5) is 2.48. The van der Waals surface area contributed by atoms with Crippen molar-refractivity contribution in [2.24, 2.45) is 5.41 Å². The summed E-state index contributed by atoms with van der Waals surface area (Å²) in [5, 5.41) is 8.95. The van der Waals surface area contributed by atoms with Crippen LogP contribution in [0.25, 0.3) is 0 Å². The average Bonchev–Trinajstić information content (AvgIpc) is 2.87. The largest absolute Gasteiger partial charge is 0.296 e. The average molecular weight is 260 g/mol. The monoisotopic (exact) mass is 259 g/mol. The first kappa shape index (κ1) is 12.3. The van der Waals surface area contributed by atoms with Crippen molar-refractivity contribution in [3.8, 4) is 0 Å². The molecule has 5 heteroatoms. The molecule has 0 N–H and O–H groups in total. The lowest BCUT2D eigenvalue weighted by molar-refractivity contribution is 0.236. The van der Waals surface area contributed by atoms with Gasteiger partial charge in [-0.25, -0.2) is 0 Å². The van der Waals surface area contributed by atoms with E-state index in [1.54, 1.807) is 0 Å². The first-order valence-electron chi connectivity index (χ1n) is 5.88. The molecule has 16 heavy (non-hydrogen) atoms. The summed E-state index contributed by atoms with van der Waals surface area (Å²) in [6.07, 6.45) is 3.86. The molecule has 0 spiro atoms. The standard InChI is InChI=1S/C11H18ClN3S/c1-3-11(4-2)5-6-15(8-11)7-9-13-14-10(12)16-9/h3-8H2,1-2H3. The minimum Gasteiger partial charge on any atom is -0.296 e.